The van der Waals surface area contributed by atoms with Crippen LogP contribution in [0.25, 0.3) is 0 Å². The quantitative estimate of drug-likeness (QED) is 0.845. The fraction of sp³-hybridized carbons (Fsp3) is 0.917. The van der Waals surface area contributed by atoms with E-state index in [2.05, 4.69) is 0 Å². The number of rotatable bonds is 4. The molecular weight excluding hydrogens is 300 g/mol. The van der Waals surface area contributed by atoms with Crippen LogP contribution in [0, 0.1) is 0 Å². The summed E-state index contributed by atoms with van der Waals surface area (Å²) in [6, 6.07) is -0.952. The van der Waals surface area contributed by atoms with Crippen molar-refractivity contribution in [2.75, 3.05) is 12.8 Å². The Labute approximate surface area is 124 Å². The molecule has 1 saturated carbocycles. The highest BCUT2D eigenvalue weighted by Crippen LogP contribution is 2.34. The van der Waals surface area contributed by atoms with Crippen LogP contribution in [0.15, 0.2) is 0 Å². The maximum absolute atomic E-state index is 12.7. The maximum atomic E-state index is 12.7. The van der Waals surface area contributed by atoms with Crippen molar-refractivity contribution < 1.29 is 18.3 Å². The molecular formula is C12H22N2O4S2. The Morgan fingerprint density at radius 2 is 1.90 bits per heavy atom. The van der Waals surface area contributed by atoms with E-state index in [9.17, 15) is 18.3 Å². The summed E-state index contributed by atoms with van der Waals surface area (Å²) < 4.78 is 28.0. The van der Waals surface area contributed by atoms with Crippen molar-refractivity contribution in [3.63, 3.8) is 0 Å². The summed E-state index contributed by atoms with van der Waals surface area (Å²) in [4.78, 5) is 11.3. The highest BCUT2D eigenvalue weighted by molar-refractivity contribution is 8.01. The molecule has 1 heterocycles. The Morgan fingerprint density at radius 1 is 1.30 bits per heavy atom. The normalized spacial score (nSPS) is 29.9. The second kappa shape index (κ2) is 6.21. The smallest absolute Gasteiger partial charge is 0.322 e. The molecule has 0 aromatic rings. The van der Waals surface area contributed by atoms with Gasteiger partial charge in [-0.25, -0.2) is 0 Å². The molecule has 1 aliphatic heterocycles. The molecule has 2 atom stereocenters. The summed E-state index contributed by atoms with van der Waals surface area (Å²) in [7, 11) is -2.13. The molecule has 0 spiro atoms. The van der Waals surface area contributed by atoms with E-state index in [0.29, 0.717) is 5.75 Å². The number of aliphatic carboxylic acids is 1. The lowest BCUT2D eigenvalue weighted by Gasteiger charge is -2.35. The largest absolute Gasteiger partial charge is 0.480 e. The minimum absolute atomic E-state index is 0.000921. The van der Waals surface area contributed by atoms with Crippen LogP contribution in [0.4, 0.5) is 0 Å². The van der Waals surface area contributed by atoms with Gasteiger partial charge in [-0.2, -0.15) is 17.0 Å². The van der Waals surface area contributed by atoms with Gasteiger partial charge in [-0.15, -0.1) is 11.8 Å². The molecule has 2 unspecified atom stereocenters. The molecule has 0 radical (unpaired) electrons. The van der Waals surface area contributed by atoms with Gasteiger partial charge in [0, 0.05) is 18.8 Å². The zero-order valence-corrected chi connectivity index (χ0v) is 13.5. The highest BCUT2D eigenvalue weighted by atomic mass is 32.2. The molecule has 1 aliphatic carbocycles. The summed E-state index contributed by atoms with van der Waals surface area (Å²) in [5, 5.41) is 8.89. The van der Waals surface area contributed by atoms with Crippen LogP contribution in [0.5, 0.6) is 0 Å². The number of carboxylic acid groups (broad SMARTS) is 1. The van der Waals surface area contributed by atoms with Crippen LogP contribution in [-0.4, -0.2) is 58.4 Å². The minimum Gasteiger partial charge on any atom is -0.480 e. The van der Waals surface area contributed by atoms with E-state index in [-0.39, 0.29) is 11.4 Å². The van der Waals surface area contributed by atoms with E-state index in [0.717, 1.165) is 36.4 Å². The molecule has 1 N–H and O–H groups in total. The predicted octanol–water partition coefficient (Wildman–Crippen LogP) is 1.34. The third-order valence-corrected chi connectivity index (χ3v) is 7.65. The zero-order valence-electron chi connectivity index (χ0n) is 11.9. The molecule has 2 rings (SSSR count). The van der Waals surface area contributed by atoms with Crippen LogP contribution < -0.4 is 0 Å². The molecule has 6 nitrogen and oxygen atoms in total. The van der Waals surface area contributed by atoms with E-state index in [4.69, 9.17) is 0 Å². The number of carbonyl (C=O) groups is 1. The van der Waals surface area contributed by atoms with Crippen LogP contribution in [0.3, 0.4) is 0 Å². The van der Waals surface area contributed by atoms with Gasteiger partial charge in [0.2, 0.25) is 0 Å². The van der Waals surface area contributed by atoms with E-state index in [1.54, 1.807) is 14.0 Å². The van der Waals surface area contributed by atoms with Gasteiger partial charge in [-0.3, -0.25) is 4.79 Å². The second-order valence-corrected chi connectivity index (χ2v) is 8.67. The first-order valence-electron chi connectivity index (χ1n) is 6.96. The molecule has 0 bridgehead atoms. The van der Waals surface area contributed by atoms with Crippen molar-refractivity contribution >= 4 is 27.9 Å². The zero-order chi connectivity index (χ0) is 14.9. The second-order valence-electron chi connectivity index (χ2n) is 5.43. The Bertz CT molecular complexity index is 462. The molecule has 0 aromatic heterocycles. The van der Waals surface area contributed by atoms with Gasteiger partial charge in [0.05, 0.1) is 5.37 Å². The van der Waals surface area contributed by atoms with E-state index in [1.807, 2.05) is 0 Å². The van der Waals surface area contributed by atoms with Gasteiger partial charge in [0.1, 0.15) is 6.04 Å². The van der Waals surface area contributed by atoms with E-state index in [1.165, 1.54) is 16.1 Å². The number of hydrogen-bond donors (Lipinski definition) is 1. The fourth-order valence-corrected chi connectivity index (χ4v) is 6.35. The molecule has 8 heteroatoms. The summed E-state index contributed by atoms with van der Waals surface area (Å²) in [6.45, 7) is 1.75. The topological polar surface area (TPSA) is 77.9 Å². The first-order valence-corrected chi connectivity index (χ1v) is 9.41. The van der Waals surface area contributed by atoms with Crippen molar-refractivity contribution in [3.05, 3.63) is 0 Å². The molecule has 2 aliphatic rings. The van der Waals surface area contributed by atoms with Gasteiger partial charge < -0.3 is 5.11 Å². The molecule has 20 heavy (non-hydrogen) atoms. The summed E-state index contributed by atoms with van der Waals surface area (Å²) >= 11 is 1.37. The molecule has 2 fully saturated rings. The average Bonchev–Trinajstić information content (AvgIpc) is 2.81. The first-order chi connectivity index (χ1) is 9.35. The van der Waals surface area contributed by atoms with Crippen molar-refractivity contribution in [3.8, 4) is 0 Å². The molecule has 1 saturated heterocycles. The Balaban J connectivity index is 2.21. The van der Waals surface area contributed by atoms with Crippen LogP contribution >= 0.6 is 11.8 Å². The van der Waals surface area contributed by atoms with Crippen molar-refractivity contribution in [2.24, 2.45) is 0 Å². The van der Waals surface area contributed by atoms with Crippen LogP contribution in [-0.2, 0) is 15.0 Å². The third-order valence-electron chi connectivity index (χ3n) is 4.17. The van der Waals surface area contributed by atoms with E-state index < -0.39 is 22.2 Å². The lowest BCUT2D eigenvalue weighted by atomic mass is 9.96. The van der Waals surface area contributed by atoms with Gasteiger partial charge in [-0.05, 0) is 19.8 Å². The highest BCUT2D eigenvalue weighted by Gasteiger charge is 2.46. The summed E-state index contributed by atoms with van der Waals surface area (Å²) in [5.74, 6) is -0.753. The monoisotopic (exact) mass is 322 g/mol. The molecule has 116 valence electrons. The van der Waals surface area contributed by atoms with Crippen LogP contribution in [0.1, 0.15) is 39.0 Å². The number of nitrogens with zero attached hydrogens (tertiary/aromatic N) is 2. The van der Waals surface area contributed by atoms with E-state index >= 15 is 0 Å². The van der Waals surface area contributed by atoms with Gasteiger partial charge >= 0.3 is 5.97 Å². The lowest BCUT2D eigenvalue weighted by molar-refractivity contribution is -0.140. The van der Waals surface area contributed by atoms with Crippen molar-refractivity contribution in [1.82, 2.24) is 8.61 Å². The predicted molar refractivity (Wildman–Crippen MR) is 78.7 cm³/mol. The molecule has 0 amide bonds. The Hall–Kier alpha value is -0.310. The van der Waals surface area contributed by atoms with Crippen molar-refractivity contribution in [1.29, 1.82) is 0 Å². The van der Waals surface area contributed by atoms with Crippen molar-refractivity contribution in [2.45, 2.75) is 56.5 Å². The lowest BCUT2D eigenvalue weighted by Crippen LogP contribution is -2.53. The van der Waals surface area contributed by atoms with Gasteiger partial charge in [0.25, 0.3) is 10.2 Å². The maximum Gasteiger partial charge on any atom is 0.322 e. The van der Waals surface area contributed by atoms with Gasteiger partial charge in [-0.1, -0.05) is 19.3 Å². The van der Waals surface area contributed by atoms with Crippen LogP contribution in [0.2, 0.25) is 0 Å². The Kier molecular flexibility index (Phi) is 4.99. The summed E-state index contributed by atoms with van der Waals surface area (Å²) in [5.41, 5.74) is 0. The number of carboxylic acids is 1. The SMILES string of the molecule is CC1SCC(C(=O)O)N1S(=O)(=O)N(C)C1CCCCC1. The Morgan fingerprint density at radius 3 is 2.45 bits per heavy atom. The third kappa shape index (κ3) is 2.98. The average molecular weight is 322 g/mol. The first kappa shape index (κ1) is 16.1. The number of thioether (sulfide) groups is 1. The number of hydrogen-bond acceptors (Lipinski definition) is 4. The summed E-state index contributed by atoms with van der Waals surface area (Å²) in [6.07, 6.45) is 4.96. The fourth-order valence-electron chi connectivity index (χ4n) is 2.94. The van der Waals surface area contributed by atoms with Gasteiger partial charge in [0.15, 0.2) is 0 Å². The standard InChI is InChI=1S/C12H22N2O4S2/c1-9-14(11(8-19-9)12(15)16)20(17,18)13(2)10-6-4-3-5-7-10/h9-11H,3-8H2,1-2H3,(H,15,16). The molecule has 0 aromatic carbocycles. The minimum atomic E-state index is -3.72.